The second-order valence-electron chi connectivity index (χ2n) is 5.14. The predicted octanol–water partition coefficient (Wildman–Crippen LogP) is 3.43. The highest BCUT2D eigenvalue weighted by Crippen LogP contribution is 2.28. The van der Waals surface area contributed by atoms with Crippen molar-refractivity contribution in [2.75, 3.05) is 5.75 Å². The molecule has 8 heteroatoms. The molecule has 2 amide bonds. The van der Waals surface area contributed by atoms with E-state index in [1.54, 1.807) is 35.6 Å². The number of aromatic nitrogens is 1. The fraction of sp³-hybridized carbons (Fsp3) is 0.118. The molecule has 2 N–H and O–H groups in total. The van der Waals surface area contributed by atoms with Crippen molar-refractivity contribution in [2.24, 2.45) is 0 Å². The summed E-state index contributed by atoms with van der Waals surface area (Å²) >= 11 is 8.68. The van der Waals surface area contributed by atoms with Crippen LogP contribution in [0.15, 0.2) is 52.9 Å². The van der Waals surface area contributed by atoms with Crippen molar-refractivity contribution >= 4 is 56.7 Å². The van der Waals surface area contributed by atoms with Crippen molar-refractivity contribution in [1.82, 2.24) is 15.8 Å². The van der Waals surface area contributed by atoms with Gasteiger partial charge in [-0.3, -0.25) is 20.4 Å². The van der Waals surface area contributed by atoms with Gasteiger partial charge in [0.15, 0.2) is 4.34 Å². The minimum absolute atomic E-state index is 0.169. The van der Waals surface area contributed by atoms with Crippen molar-refractivity contribution in [2.45, 2.75) is 10.8 Å². The van der Waals surface area contributed by atoms with Crippen molar-refractivity contribution in [3.8, 4) is 0 Å². The number of benzene rings is 2. The highest BCUT2D eigenvalue weighted by molar-refractivity contribution is 8.01. The van der Waals surface area contributed by atoms with E-state index in [1.165, 1.54) is 11.8 Å². The number of hydrogen-bond donors (Lipinski definition) is 2. The molecule has 0 atom stereocenters. The Hall–Kier alpha value is -2.09. The standard InChI is InChI=1S/C17H14ClN3O2S2/c18-12-7-5-11(6-8-12)9-15(22)20-21-16(23)10-24-17-19-13-3-1-2-4-14(13)25-17/h1-8H,9-10H2,(H,20,22)(H,21,23). The fourth-order valence-corrected chi connectivity index (χ4v) is 4.04. The molecule has 0 fully saturated rings. The molecule has 5 nitrogen and oxygen atoms in total. The SMILES string of the molecule is O=C(CSc1nc2ccccc2s1)NNC(=O)Cc1ccc(Cl)cc1. The lowest BCUT2D eigenvalue weighted by atomic mass is 10.1. The first-order chi connectivity index (χ1) is 12.1. The van der Waals surface area contributed by atoms with Gasteiger partial charge in [-0.05, 0) is 29.8 Å². The molecule has 0 aliphatic carbocycles. The Morgan fingerprint density at radius 3 is 2.52 bits per heavy atom. The number of carbonyl (C=O) groups is 2. The number of thiazole rings is 1. The van der Waals surface area contributed by atoms with Crippen molar-refractivity contribution in [3.63, 3.8) is 0 Å². The molecule has 25 heavy (non-hydrogen) atoms. The number of para-hydroxylation sites is 1. The van der Waals surface area contributed by atoms with Crippen LogP contribution in [-0.4, -0.2) is 22.6 Å². The largest absolute Gasteiger partial charge is 0.273 e. The molecule has 128 valence electrons. The summed E-state index contributed by atoms with van der Waals surface area (Å²) in [5.41, 5.74) is 6.56. The Bertz CT molecular complexity index is 863. The van der Waals surface area contributed by atoms with E-state index in [9.17, 15) is 9.59 Å². The Balaban J connectivity index is 1.43. The van der Waals surface area contributed by atoms with Gasteiger partial charge in [-0.15, -0.1) is 11.3 Å². The lowest BCUT2D eigenvalue weighted by molar-refractivity contribution is -0.127. The molecule has 3 aromatic rings. The maximum absolute atomic E-state index is 11.8. The molecular weight excluding hydrogens is 378 g/mol. The number of rotatable bonds is 5. The number of thioether (sulfide) groups is 1. The number of hydrazine groups is 1. The average molecular weight is 392 g/mol. The molecule has 0 saturated heterocycles. The normalized spacial score (nSPS) is 10.6. The van der Waals surface area contributed by atoms with Crippen molar-refractivity contribution < 1.29 is 9.59 Å². The summed E-state index contributed by atoms with van der Waals surface area (Å²) in [5, 5.41) is 0.615. The second kappa shape index (κ2) is 8.33. The molecule has 3 rings (SSSR count). The third kappa shape index (κ3) is 5.19. The molecule has 1 heterocycles. The van der Waals surface area contributed by atoms with E-state index in [4.69, 9.17) is 11.6 Å². The Kier molecular flexibility index (Phi) is 5.91. The Morgan fingerprint density at radius 1 is 1.04 bits per heavy atom. The zero-order chi connectivity index (χ0) is 17.6. The second-order valence-corrected chi connectivity index (χ2v) is 7.83. The first-order valence-corrected chi connectivity index (χ1v) is 9.58. The van der Waals surface area contributed by atoms with Crippen LogP contribution in [-0.2, 0) is 16.0 Å². The molecule has 0 aliphatic rings. The summed E-state index contributed by atoms with van der Waals surface area (Å²) in [7, 11) is 0. The molecule has 2 aromatic carbocycles. The van der Waals surface area contributed by atoms with Crippen LogP contribution in [0, 0.1) is 0 Å². The number of halogens is 1. The van der Waals surface area contributed by atoms with Crippen LogP contribution in [0.4, 0.5) is 0 Å². The first-order valence-electron chi connectivity index (χ1n) is 7.40. The van der Waals surface area contributed by atoms with E-state index < -0.39 is 0 Å². The average Bonchev–Trinajstić information content (AvgIpc) is 3.03. The molecule has 1 aromatic heterocycles. The van der Waals surface area contributed by atoms with Gasteiger partial charge in [0.1, 0.15) is 0 Å². The van der Waals surface area contributed by atoms with Crippen molar-refractivity contribution in [3.05, 3.63) is 59.1 Å². The number of hydrogen-bond acceptors (Lipinski definition) is 5. The number of fused-ring (bicyclic) bond motifs is 1. The van der Waals surface area contributed by atoms with Crippen LogP contribution in [0.2, 0.25) is 5.02 Å². The third-order valence-electron chi connectivity index (χ3n) is 3.22. The zero-order valence-electron chi connectivity index (χ0n) is 13.0. The van der Waals surface area contributed by atoms with Gasteiger partial charge >= 0.3 is 0 Å². The van der Waals surface area contributed by atoms with Gasteiger partial charge in [0.2, 0.25) is 11.8 Å². The van der Waals surface area contributed by atoms with E-state index in [0.29, 0.717) is 5.02 Å². The van der Waals surface area contributed by atoms with E-state index in [1.807, 2.05) is 24.3 Å². The predicted molar refractivity (Wildman–Crippen MR) is 102 cm³/mol. The summed E-state index contributed by atoms with van der Waals surface area (Å²) in [6.45, 7) is 0. The van der Waals surface area contributed by atoms with Crippen LogP contribution in [0.25, 0.3) is 10.2 Å². The number of amides is 2. The summed E-state index contributed by atoms with van der Waals surface area (Å²) in [6.07, 6.45) is 0.169. The number of nitrogens with one attached hydrogen (secondary N) is 2. The van der Waals surface area contributed by atoms with Gasteiger partial charge in [-0.1, -0.05) is 47.6 Å². The van der Waals surface area contributed by atoms with Gasteiger partial charge in [0, 0.05) is 5.02 Å². The highest BCUT2D eigenvalue weighted by atomic mass is 35.5. The molecule has 0 spiro atoms. The summed E-state index contributed by atoms with van der Waals surface area (Å²) < 4.78 is 1.91. The van der Waals surface area contributed by atoms with Crippen molar-refractivity contribution in [1.29, 1.82) is 0 Å². The van der Waals surface area contributed by atoms with Gasteiger partial charge in [0.05, 0.1) is 22.4 Å². The maximum Gasteiger partial charge on any atom is 0.248 e. The van der Waals surface area contributed by atoms with E-state index in [0.717, 1.165) is 20.1 Å². The maximum atomic E-state index is 11.8. The van der Waals surface area contributed by atoms with E-state index in [-0.39, 0.29) is 24.0 Å². The van der Waals surface area contributed by atoms with Gasteiger partial charge in [-0.2, -0.15) is 0 Å². The highest BCUT2D eigenvalue weighted by Gasteiger charge is 2.09. The van der Waals surface area contributed by atoms with Crippen LogP contribution >= 0.6 is 34.7 Å². The fourth-order valence-electron chi connectivity index (χ4n) is 2.05. The third-order valence-corrected chi connectivity index (χ3v) is 5.65. The van der Waals surface area contributed by atoms with E-state index >= 15 is 0 Å². The van der Waals surface area contributed by atoms with Crippen LogP contribution in [0.1, 0.15) is 5.56 Å². The monoisotopic (exact) mass is 391 g/mol. The lowest BCUT2D eigenvalue weighted by Gasteiger charge is -2.07. The first kappa shape index (κ1) is 17.7. The van der Waals surface area contributed by atoms with Gasteiger partial charge < -0.3 is 0 Å². The van der Waals surface area contributed by atoms with Gasteiger partial charge in [0.25, 0.3) is 0 Å². The van der Waals surface area contributed by atoms with Crippen LogP contribution in [0.5, 0.6) is 0 Å². The topological polar surface area (TPSA) is 71.1 Å². The number of nitrogens with zero attached hydrogens (tertiary/aromatic N) is 1. The zero-order valence-corrected chi connectivity index (χ0v) is 15.4. The molecule has 0 bridgehead atoms. The lowest BCUT2D eigenvalue weighted by Crippen LogP contribution is -2.43. The molecule has 0 radical (unpaired) electrons. The summed E-state index contributed by atoms with van der Waals surface area (Å²) in [6, 6.07) is 14.8. The summed E-state index contributed by atoms with van der Waals surface area (Å²) in [5.74, 6) is -0.393. The van der Waals surface area contributed by atoms with E-state index in [2.05, 4.69) is 15.8 Å². The smallest absolute Gasteiger partial charge is 0.248 e. The minimum Gasteiger partial charge on any atom is -0.273 e. The minimum atomic E-state index is -0.291. The number of carbonyl (C=O) groups excluding carboxylic acids is 2. The molecule has 0 aliphatic heterocycles. The quantitative estimate of drug-likeness (QED) is 0.516. The van der Waals surface area contributed by atoms with Crippen LogP contribution < -0.4 is 10.9 Å². The van der Waals surface area contributed by atoms with Crippen LogP contribution in [0.3, 0.4) is 0 Å². The summed E-state index contributed by atoms with van der Waals surface area (Å²) in [4.78, 5) is 28.1. The Labute approximate surface area is 157 Å². The molecule has 0 saturated carbocycles. The molecule has 0 unspecified atom stereocenters. The van der Waals surface area contributed by atoms with Gasteiger partial charge in [-0.25, -0.2) is 4.98 Å². The Morgan fingerprint density at radius 2 is 1.76 bits per heavy atom. The molecular formula is C17H14ClN3O2S2.